The zero-order valence-electron chi connectivity index (χ0n) is 31.6. The quantitative estimate of drug-likeness (QED) is 0.0933. The van der Waals surface area contributed by atoms with Crippen molar-refractivity contribution in [2.24, 2.45) is 17.3 Å². The first-order valence-electron chi connectivity index (χ1n) is 18.0. The highest BCUT2D eigenvalue weighted by Gasteiger charge is 2.35. The van der Waals surface area contributed by atoms with Crippen LogP contribution in [0.3, 0.4) is 0 Å². The molecule has 2 aromatic carbocycles. The minimum atomic E-state index is -0.782. The van der Waals surface area contributed by atoms with Gasteiger partial charge in [0.2, 0.25) is 32.7 Å². The van der Waals surface area contributed by atoms with Crippen molar-refractivity contribution in [1.82, 2.24) is 0 Å². The van der Waals surface area contributed by atoms with Crippen molar-refractivity contribution in [2.75, 3.05) is 26.4 Å². The SMILES string of the molecule is CC(C)COCC(C)(C)C1=C/C(=C/C2=C([O-])C(=C\c3cc(-c4ccccc4)[s+]c(C(C)(C)COCC(C)C)c3)/C(=O)C2=O)C=C(c2ccccc2)S1. The normalized spacial score (nSPS) is 17.2. The molecule has 0 saturated heterocycles. The molecule has 1 aliphatic heterocycles. The predicted molar refractivity (Wildman–Crippen MR) is 215 cm³/mol. The van der Waals surface area contributed by atoms with Crippen molar-refractivity contribution in [1.29, 1.82) is 0 Å². The van der Waals surface area contributed by atoms with Crippen molar-refractivity contribution in [2.45, 2.75) is 60.8 Å². The summed E-state index contributed by atoms with van der Waals surface area (Å²) in [4.78, 5) is 31.2. The Morgan fingerprint density at radius 1 is 0.750 bits per heavy atom. The Labute approximate surface area is 317 Å². The molecule has 3 aromatic rings. The molecule has 1 aliphatic carbocycles. The molecule has 0 fully saturated rings. The van der Waals surface area contributed by atoms with Gasteiger partial charge in [-0.15, -0.1) is 0 Å². The average molecular weight is 735 g/mol. The molecule has 0 atom stereocenters. The van der Waals surface area contributed by atoms with Gasteiger partial charge in [0.15, 0.2) is 0 Å². The Hall–Kier alpha value is -3.88. The molecule has 2 aliphatic rings. The van der Waals surface area contributed by atoms with Crippen LogP contribution in [0.5, 0.6) is 0 Å². The summed E-state index contributed by atoms with van der Waals surface area (Å²) in [5.41, 5.74) is 2.54. The molecule has 52 heavy (non-hydrogen) atoms. The van der Waals surface area contributed by atoms with Gasteiger partial charge >= 0.3 is 0 Å². The number of ether oxygens (including phenoxy) is 2. The van der Waals surface area contributed by atoms with E-state index in [0.717, 1.165) is 30.7 Å². The highest BCUT2D eigenvalue weighted by Crippen LogP contribution is 2.47. The first-order chi connectivity index (χ1) is 24.6. The largest absolute Gasteiger partial charge is 0.871 e. The van der Waals surface area contributed by atoms with E-state index in [1.165, 1.54) is 0 Å². The fraction of sp³-hybridized carbons (Fsp3) is 0.356. The predicted octanol–water partition coefficient (Wildman–Crippen LogP) is 10.1. The number of allylic oxidation sites excluding steroid dienone is 6. The smallest absolute Gasteiger partial charge is 0.238 e. The number of ketones is 2. The third kappa shape index (κ3) is 9.75. The first-order valence-corrected chi connectivity index (χ1v) is 19.6. The second-order valence-corrected chi connectivity index (χ2v) is 17.8. The van der Waals surface area contributed by atoms with Gasteiger partial charge in [-0.2, -0.15) is 0 Å². The highest BCUT2D eigenvalue weighted by atomic mass is 32.2. The minimum Gasteiger partial charge on any atom is -0.871 e. The number of carbonyl (C=O) groups is 2. The van der Waals surface area contributed by atoms with Gasteiger partial charge in [-0.05, 0) is 83.7 Å². The second-order valence-electron chi connectivity index (χ2n) is 15.7. The van der Waals surface area contributed by atoms with E-state index in [1.54, 1.807) is 35.3 Å². The molecule has 0 amide bonds. The number of Topliss-reactive ketones (excluding diaryl/α,β-unsaturated/α-hetero) is 2. The Morgan fingerprint density at radius 3 is 1.92 bits per heavy atom. The summed E-state index contributed by atoms with van der Waals surface area (Å²) in [5.74, 6) is -1.29. The van der Waals surface area contributed by atoms with Gasteiger partial charge in [0.05, 0.1) is 18.6 Å². The topological polar surface area (TPSA) is 75.7 Å². The number of hydrogen-bond acceptors (Lipinski definition) is 6. The van der Waals surface area contributed by atoms with Crippen molar-refractivity contribution < 1.29 is 24.2 Å². The van der Waals surface area contributed by atoms with E-state index in [1.807, 2.05) is 84.9 Å². The molecule has 2 heterocycles. The molecule has 7 heteroatoms. The minimum absolute atomic E-state index is 0.115. The van der Waals surface area contributed by atoms with Gasteiger partial charge < -0.3 is 14.6 Å². The molecule has 5 nitrogen and oxygen atoms in total. The summed E-state index contributed by atoms with van der Waals surface area (Å²) >= 11 is 3.32. The van der Waals surface area contributed by atoms with Crippen molar-refractivity contribution >= 4 is 45.6 Å². The zero-order chi connectivity index (χ0) is 37.6. The third-order valence-electron chi connectivity index (χ3n) is 8.72. The van der Waals surface area contributed by atoms with Gasteiger partial charge in [-0.1, -0.05) is 108 Å². The molecular formula is C45H50O5S2. The van der Waals surface area contributed by atoms with Gasteiger partial charge in [-0.25, -0.2) is 0 Å². The van der Waals surface area contributed by atoms with E-state index in [2.05, 4.69) is 55.4 Å². The van der Waals surface area contributed by atoms with Crippen LogP contribution >= 0.6 is 23.1 Å². The lowest BCUT2D eigenvalue weighted by Crippen LogP contribution is -2.25. The summed E-state index contributed by atoms with van der Waals surface area (Å²) in [6, 6.07) is 24.1. The number of thioether (sulfide) groups is 1. The molecule has 1 aromatic heterocycles. The van der Waals surface area contributed by atoms with Gasteiger partial charge in [0.1, 0.15) is 0 Å². The van der Waals surface area contributed by atoms with E-state index in [-0.39, 0.29) is 22.0 Å². The molecular weight excluding hydrogens is 685 g/mol. The average Bonchev–Trinajstić information content (AvgIpc) is 3.30. The first kappa shape index (κ1) is 39.3. The fourth-order valence-electron chi connectivity index (χ4n) is 5.80. The highest BCUT2D eigenvalue weighted by molar-refractivity contribution is 8.11. The van der Waals surface area contributed by atoms with Crippen LogP contribution in [0.2, 0.25) is 0 Å². The van der Waals surface area contributed by atoms with Crippen LogP contribution in [0, 0.1) is 17.3 Å². The monoisotopic (exact) mass is 734 g/mol. The van der Waals surface area contributed by atoms with Crippen molar-refractivity contribution in [3.05, 3.63) is 134 Å². The lowest BCUT2D eigenvalue weighted by Gasteiger charge is -2.31. The van der Waals surface area contributed by atoms with Crippen molar-refractivity contribution in [3.63, 3.8) is 0 Å². The third-order valence-corrected chi connectivity index (χ3v) is 11.6. The van der Waals surface area contributed by atoms with Crippen LogP contribution in [0.25, 0.3) is 21.4 Å². The van der Waals surface area contributed by atoms with E-state index in [9.17, 15) is 14.7 Å². The van der Waals surface area contributed by atoms with Crippen molar-refractivity contribution in [3.8, 4) is 10.4 Å². The maximum absolute atomic E-state index is 14.0. The molecule has 0 bridgehead atoms. The van der Waals surface area contributed by atoms with E-state index in [0.29, 0.717) is 49.4 Å². The lowest BCUT2D eigenvalue weighted by molar-refractivity contribution is -0.296. The Balaban J connectivity index is 1.57. The lowest BCUT2D eigenvalue weighted by atomic mass is 9.91. The number of carbonyl (C=O) groups excluding carboxylic acids is 2. The van der Waals surface area contributed by atoms with Crippen LogP contribution in [-0.4, -0.2) is 38.0 Å². The molecule has 272 valence electrons. The summed E-state index contributed by atoms with van der Waals surface area (Å²) in [5, 5.41) is 14.0. The van der Waals surface area contributed by atoms with Gasteiger partial charge in [-0.3, -0.25) is 9.59 Å². The Bertz CT molecular complexity index is 1940. The summed E-state index contributed by atoms with van der Waals surface area (Å²) in [6.45, 7) is 19.4. The number of hydrogen-bond donors (Lipinski definition) is 0. The van der Waals surface area contributed by atoms with Crippen LogP contribution in [0.1, 0.15) is 71.4 Å². The molecule has 0 spiro atoms. The molecule has 0 radical (unpaired) electrons. The van der Waals surface area contributed by atoms with E-state index in [4.69, 9.17) is 9.47 Å². The zero-order valence-corrected chi connectivity index (χ0v) is 33.2. The second kappa shape index (κ2) is 16.9. The van der Waals surface area contributed by atoms with E-state index >= 15 is 0 Å². The van der Waals surface area contributed by atoms with Crippen LogP contribution in [-0.2, 0) is 24.5 Å². The van der Waals surface area contributed by atoms with Crippen LogP contribution in [0.4, 0.5) is 0 Å². The maximum atomic E-state index is 14.0. The molecule has 0 unspecified atom stereocenters. The summed E-state index contributed by atoms with van der Waals surface area (Å²) < 4.78 is 12.1. The Kier molecular flexibility index (Phi) is 12.7. The fourth-order valence-corrected chi connectivity index (χ4v) is 8.23. The number of rotatable bonds is 14. The molecule has 0 saturated carbocycles. The van der Waals surface area contributed by atoms with Crippen LogP contribution < -0.4 is 5.11 Å². The van der Waals surface area contributed by atoms with E-state index < -0.39 is 17.3 Å². The van der Waals surface area contributed by atoms with Gasteiger partial charge in [0, 0.05) is 52.4 Å². The summed E-state index contributed by atoms with van der Waals surface area (Å²) in [6.07, 6.45) is 7.16. The van der Waals surface area contributed by atoms with Crippen LogP contribution in [0.15, 0.2) is 118 Å². The standard InChI is InChI=1S/C45H50O5S2/c1-29(2)25-49-27-44(5,6)39-23-31(21-37(51-39)33-15-11-9-12-16-33)19-35-41(46)36(43(48)42(35)47)20-32-22-38(34-17-13-10-14-18-34)52-40(24-32)45(7,8)28-50-26-30(3)4/h9-24,29-30H,25-28H2,1-8H3. The molecule has 5 rings (SSSR count). The Morgan fingerprint density at radius 2 is 1.33 bits per heavy atom. The molecule has 0 N–H and O–H groups in total. The maximum Gasteiger partial charge on any atom is 0.238 e. The number of benzene rings is 2. The van der Waals surface area contributed by atoms with Gasteiger partial charge in [0.25, 0.3) is 0 Å². The summed E-state index contributed by atoms with van der Waals surface area (Å²) in [7, 11) is 0.